The summed E-state index contributed by atoms with van der Waals surface area (Å²) in [7, 11) is 0. The van der Waals surface area contributed by atoms with Gasteiger partial charge in [0.2, 0.25) is 5.90 Å². The second-order valence-corrected chi connectivity index (χ2v) is 5.45. The molecule has 25 heavy (non-hydrogen) atoms. The number of carbonyl (C=O) groups is 1. The van der Waals surface area contributed by atoms with Gasteiger partial charge >= 0.3 is 6.03 Å². The minimum Gasteiger partial charge on any atom is -0.475 e. The molecule has 3 rings (SSSR count). The molecule has 2 aromatic rings. The fourth-order valence-electron chi connectivity index (χ4n) is 2.40. The highest BCUT2D eigenvalue weighted by Gasteiger charge is 2.21. The number of hydrogen-bond acceptors (Lipinski definition) is 4. The van der Waals surface area contributed by atoms with Crippen molar-refractivity contribution in [2.24, 2.45) is 10.7 Å². The van der Waals surface area contributed by atoms with Crippen LogP contribution in [0.15, 0.2) is 59.6 Å². The smallest absolute Gasteiger partial charge is 0.339 e. The molecule has 2 amide bonds. The molecule has 1 aliphatic rings. The first-order chi connectivity index (χ1) is 12.1. The number of rotatable bonds is 3. The fraction of sp³-hybridized carbons (Fsp3) is 0.158. The van der Waals surface area contributed by atoms with Crippen LogP contribution in [-0.2, 0) is 4.74 Å². The first-order valence-corrected chi connectivity index (χ1v) is 7.74. The molecule has 1 aliphatic heterocycles. The Morgan fingerprint density at radius 3 is 2.84 bits per heavy atom. The number of nitrogens with two attached hydrogens (primary N) is 1. The lowest BCUT2D eigenvalue weighted by molar-refractivity contribution is -0.0269. The van der Waals surface area contributed by atoms with Gasteiger partial charge in [0.15, 0.2) is 0 Å². The van der Waals surface area contributed by atoms with Gasteiger partial charge in [0, 0.05) is 11.1 Å². The lowest BCUT2D eigenvalue weighted by Crippen LogP contribution is -2.32. The van der Waals surface area contributed by atoms with E-state index in [1.807, 2.05) is 54.6 Å². The highest BCUT2D eigenvalue weighted by atomic mass is 16.5. The minimum atomic E-state index is -0.941. The molecular weight excluding hydrogens is 318 g/mol. The van der Waals surface area contributed by atoms with Gasteiger partial charge in [-0.25, -0.2) is 9.79 Å². The van der Waals surface area contributed by atoms with Crippen LogP contribution in [0.25, 0.3) is 0 Å². The Kier molecular flexibility index (Phi) is 4.97. The van der Waals surface area contributed by atoms with Gasteiger partial charge in [-0.05, 0) is 23.8 Å². The van der Waals surface area contributed by atoms with Gasteiger partial charge in [-0.2, -0.15) is 5.06 Å². The molecule has 1 heterocycles. The van der Waals surface area contributed by atoms with Crippen LogP contribution in [0.5, 0.6) is 0 Å². The highest BCUT2D eigenvalue weighted by molar-refractivity contribution is 5.95. The summed E-state index contributed by atoms with van der Waals surface area (Å²) in [4.78, 5) is 15.4. The second-order valence-electron chi connectivity index (χ2n) is 5.45. The van der Waals surface area contributed by atoms with E-state index in [1.165, 1.54) is 0 Å². The summed E-state index contributed by atoms with van der Waals surface area (Å²) in [6.45, 7) is 0.348. The number of benzene rings is 2. The highest BCUT2D eigenvalue weighted by Crippen LogP contribution is 2.25. The number of nitrogens with zero attached hydrogens (tertiary/aromatic N) is 2. The maximum Gasteiger partial charge on any atom is 0.339 e. The predicted molar refractivity (Wildman–Crippen MR) is 93.1 cm³/mol. The van der Waals surface area contributed by atoms with Gasteiger partial charge in [0.25, 0.3) is 0 Å². The van der Waals surface area contributed by atoms with Crippen LogP contribution in [0.2, 0.25) is 0 Å². The fourth-order valence-corrected chi connectivity index (χ4v) is 2.40. The number of aliphatic imine (C=N–C) groups is 1. The van der Waals surface area contributed by atoms with E-state index in [9.17, 15) is 10.0 Å². The van der Waals surface area contributed by atoms with E-state index in [2.05, 4.69) is 16.8 Å². The molecule has 0 unspecified atom stereocenters. The lowest BCUT2D eigenvalue weighted by atomic mass is 10.1. The molecule has 6 heteroatoms. The zero-order chi connectivity index (χ0) is 17.6. The Bertz CT molecular complexity index is 853. The number of hydroxylamine groups is 2. The van der Waals surface area contributed by atoms with Crippen molar-refractivity contribution in [2.75, 3.05) is 13.2 Å². The predicted octanol–water partition coefficient (Wildman–Crippen LogP) is 2.33. The summed E-state index contributed by atoms with van der Waals surface area (Å²) in [5, 5.41) is 9.54. The first kappa shape index (κ1) is 16.6. The van der Waals surface area contributed by atoms with Gasteiger partial charge < -0.3 is 10.5 Å². The third kappa shape index (κ3) is 4.16. The topological polar surface area (TPSA) is 88.2 Å². The summed E-state index contributed by atoms with van der Waals surface area (Å²) in [5.74, 6) is 6.13. The van der Waals surface area contributed by atoms with Crippen molar-refractivity contribution in [3.05, 3.63) is 71.3 Å². The van der Waals surface area contributed by atoms with E-state index < -0.39 is 6.03 Å². The van der Waals surface area contributed by atoms with Crippen LogP contribution >= 0.6 is 0 Å². The number of ether oxygens (including phenoxy) is 1. The third-order valence-corrected chi connectivity index (χ3v) is 3.66. The molecule has 0 radical (unpaired) electrons. The van der Waals surface area contributed by atoms with Crippen LogP contribution in [0.3, 0.4) is 0 Å². The molecule has 0 aliphatic carbocycles. The molecule has 1 atom stereocenters. The molecule has 2 aromatic carbocycles. The van der Waals surface area contributed by atoms with Crippen LogP contribution < -0.4 is 5.73 Å². The maximum atomic E-state index is 10.7. The van der Waals surface area contributed by atoms with Crippen molar-refractivity contribution in [3.63, 3.8) is 0 Å². The van der Waals surface area contributed by atoms with E-state index in [4.69, 9.17) is 10.5 Å². The van der Waals surface area contributed by atoms with Crippen LogP contribution in [0.1, 0.15) is 22.7 Å². The van der Waals surface area contributed by atoms with Gasteiger partial charge in [0.05, 0.1) is 0 Å². The lowest BCUT2D eigenvalue weighted by Gasteiger charge is -2.05. The number of amides is 2. The Morgan fingerprint density at radius 2 is 2.08 bits per heavy atom. The van der Waals surface area contributed by atoms with Crippen LogP contribution in [0.4, 0.5) is 4.79 Å². The summed E-state index contributed by atoms with van der Waals surface area (Å²) in [5.41, 5.74) is 7.59. The Morgan fingerprint density at radius 1 is 1.28 bits per heavy atom. The van der Waals surface area contributed by atoms with E-state index >= 15 is 0 Å². The number of carbonyl (C=O) groups excluding carboxylic acids is 1. The number of urea groups is 1. The Hall–Kier alpha value is -3.30. The Labute approximate surface area is 145 Å². The Balaban J connectivity index is 1.74. The third-order valence-electron chi connectivity index (χ3n) is 3.66. The molecule has 0 bridgehead atoms. The van der Waals surface area contributed by atoms with Crippen molar-refractivity contribution in [3.8, 4) is 11.8 Å². The summed E-state index contributed by atoms with van der Waals surface area (Å²) < 4.78 is 5.73. The normalized spacial score (nSPS) is 15.6. The zero-order valence-electron chi connectivity index (χ0n) is 13.4. The summed E-state index contributed by atoms with van der Waals surface area (Å²) in [6, 6.07) is 16.5. The van der Waals surface area contributed by atoms with Gasteiger partial charge in [-0.3, -0.25) is 5.21 Å². The van der Waals surface area contributed by atoms with Gasteiger partial charge in [0.1, 0.15) is 19.2 Å². The monoisotopic (exact) mass is 335 g/mol. The number of hydrogen-bond donors (Lipinski definition) is 2. The maximum absolute atomic E-state index is 10.7. The quantitative estimate of drug-likeness (QED) is 0.512. The van der Waals surface area contributed by atoms with Crippen LogP contribution in [0, 0.1) is 11.8 Å². The molecule has 0 saturated carbocycles. The molecule has 0 spiro atoms. The largest absolute Gasteiger partial charge is 0.475 e. The number of primary amides is 1. The van der Waals surface area contributed by atoms with Crippen molar-refractivity contribution in [2.45, 2.75) is 6.04 Å². The zero-order valence-corrected chi connectivity index (χ0v) is 13.4. The SMILES string of the molecule is NC(=O)N(O)CC#Cc1cccc(C2=N[C@H](c3ccccc3)CO2)c1. The van der Waals surface area contributed by atoms with Crippen molar-refractivity contribution in [1.29, 1.82) is 0 Å². The standard InChI is InChI=1S/C19H17N3O3/c20-19(23)22(24)11-5-7-14-6-4-10-16(12-14)18-21-17(13-25-18)15-8-2-1-3-9-15/h1-4,6,8-10,12,17,24H,11,13H2,(H2,20,23)/t17-/m0/s1. The van der Waals surface area contributed by atoms with E-state index in [0.717, 1.165) is 16.7 Å². The van der Waals surface area contributed by atoms with Crippen molar-refractivity contribution < 1.29 is 14.7 Å². The first-order valence-electron chi connectivity index (χ1n) is 7.74. The second kappa shape index (κ2) is 7.51. The van der Waals surface area contributed by atoms with E-state index in [1.54, 1.807) is 0 Å². The van der Waals surface area contributed by atoms with Crippen LogP contribution in [-0.4, -0.2) is 35.4 Å². The average molecular weight is 335 g/mol. The average Bonchev–Trinajstić information content (AvgIpc) is 3.13. The van der Waals surface area contributed by atoms with Crippen molar-refractivity contribution >= 4 is 11.9 Å². The van der Waals surface area contributed by atoms with E-state index in [-0.39, 0.29) is 12.6 Å². The van der Waals surface area contributed by atoms with Crippen molar-refractivity contribution in [1.82, 2.24) is 5.06 Å². The molecule has 6 nitrogen and oxygen atoms in total. The molecule has 0 aromatic heterocycles. The molecule has 0 fully saturated rings. The molecule has 0 saturated heterocycles. The van der Waals surface area contributed by atoms with Gasteiger partial charge in [-0.15, -0.1) is 0 Å². The molecular formula is C19H17N3O3. The molecule has 3 N–H and O–H groups in total. The summed E-state index contributed by atoms with van der Waals surface area (Å²) in [6.07, 6.45) is 0. The minimum absolute atomic E-state index is 0.00976. The van der Waals surface area contributed by atoms with Gasteiger partial charge in [-0.1, -0.05) is 48.2 Å². The van der Waals surface area contributed by atoms with E-state index in [0.29, 0.717) is 17.6 Å². The summed E-state index contributed by atoms with van der Waals surface area (Å²) >= 11 is 0. The molecule has 126 valence electrons.